The summed E-state index contributed by atoms with van der Waals surface area (Å²) in [5.41, 5.74) is 0.627. The summed E-state index contributed by atoms with van der Waals surface area (Å²) in [5.74, 6) is -1.32. The van der Waals surface area contributed by atoms with Crippen LogP contribution in [-0.2, 0) is 26.2 Å². The minimum atomic E-state index is -3.53. The van der Waals surface area contributed by atoms with Crippen LogP contribution in [0.5, 0.6) is 0 Å². The maximum Gasteiger partial charge on any atom is 0.242 e. The number of carbonyl (C=O) groups is 2. The molecule has 9 heteroatoms. The van der Waals surface area contributed by atoms with E-state index in [1.54, 1.807) is 6.92 Å². The molecule has 0 saturated heterocycles. The molecule has 0 aliphatic heterocycles. The van der Waals surface area contributed by atoms with Crippen molar-refractivity contribution in [1.82, 2.24) is 14.5 Å². The maximum atomic E-state index is 13.0. The second kappa shape index (κ2) is 8.20. The van der Waals surface area contributed by atoms with Crippen LogP contribution >= 0.6 is 0 Å². The Labute approximate surface area is 141 Å². The van der Waals surface area contributed by atoms with Gasteiger partial charge in [0.05, 0.1) is 12.8 Å². The van der Waals surface area contributed by atoms with Crippen LogP contribution in [0.4, 0.5) is 4.39 Å². The second-order valence-corrected chi connectivity index (χ2v) is 7.55. The predicted molar refractivity (Wildman–Crippen MR) is 88.0 cm³/mol. The van der Waals surface area contributed by atoms with Gasteiger partial charge in [0.15, 0.2) is 0 Å². The molecule has 0 aliphatic carbocycles. The van der Waals surface area contributed by atoms with Gasteiger partial charge in [0.25, 0.3) is 0 Å². The lowest BCUT2D eigenvalue weighted by atomic mass is 10.1. The summed E-state index contributed by atoms with van der Waals surface area (Å²) in [5, 5.41) is 2.45. The number of hydrogen-bond donors (Lipinski definition) is 1. The quantitative estimate of drug-likeness (QED) is 0.752. The van der Waals surface area contributed by atoms with Crippen molar-refractivity contribution in [3.63, 3.8) is 0 Å². The first-order valence-electron chi connectivity index (χ1n) is 7.23. The molecule has 0 heterocycles. The van der Waals surface area contributed by atoms with Gasteiger partial charge in [0.1, 0.15) is 11.9 Å². The third kappa shape index (κ3) is 5.57. The molecule has 1 atom stereocenters. The van der Waals surface area contributed by atoms with Crippen LogP contribution in [0.2, 0.25) is 0 Å². The summed E-state index contributed by atoms with van der Waals surface area (Å²) in [7, 11) is -0.794. The van der Waals surface area contributed by atoms with E-state index in [4.69, 9.17) is 0 Å². The number of nitrogens with zero attached hydrogens (tertiary/aromatic N) is 2. The highest BCUT2D eigenvalue weighted by Gasteiger charge is 2.27. The Morgan fingerprint density at radius 1 is 1.25 bits per heavy atom. The van der Waals surface area contributed by atoms with Gasteiger partial charge in [0, 0.05) is 20.6 Å². The van der Waals surface area contributed by atoms with Crippen molar-refractivity contribution in [2.75, 3.05) is 26.9 Å². The molecule has 24 heavy (non-hydrogen) atoms. The Morgan fingerprint density at radius 3 is 2.25 bits per heavy atom. The molecule has 1 aromatic rings. The minimum absolute atomic E-state index is 0.0608. The molecule has 2 amide bonds. The van der Waals surface area contributed by atoms with Crippen LogP contribution < -0.4 is 5.32 Å². The van der Waals surface area contributed by atoms with Crippen LogP contribution in [0.3, 0.4) is 0 Å². The van der Waals surface area contributed by atoms with Crippen molar-refractivity contribution in [1.29, 1.82) is 0 Å². The molecule has 0 fully saturated rings. The molecule has 1 rings (SSSR count). The van der Waals surface area contributed by atoms with Crippen LogP contribution in [-0.4, -0.2) is 62.4 Å². The van der Waals surface area contributed by atoms with Crippen molar-refractivity contribution in [3.05, 3.63) is 35.6 Å². The molecule has 0 radical (unpaired) electrons. The number of halogens is 1. The van der Waals surface area contributed by atoms with E-state index in [1.807, 2.05) is 0 Å². The Balaban J connectivity index is 3.02. The van der Waals surface area contributed by atoms with E-state index >= 15 is 0 Å². The Bertz CT molecular complexity index is 691. The molecule has 0 aliphatic rings. The number of nitrogens with one attached hydrogen (secondary N) is 1. The molecule has 0 aromatic heterocycles. The van der Waals surface area contributed by atoms with E-state index in [0.29, 0.717) is 5.56 Å². The van der Waals surface area contributed by atoms with E-state index in [2.05, 4.69) is 5.32 Å². The van der Waals surface area contributed by atoms with E-state index in [9.17, 15) is 22.4 Å². The Hall–Kier alpha value is -2.00. The zero-order valence-corrected chi connectivity index (χ0v) is 14.9. The Kier molecular flexibility index (Phi) is 6.85. The van der Waals surface area contributed by atoms with Gasteiger partial charge < -0.3 is 10.2 Å². The number of amides is 2. The van der Waals surface area contributed by atoms with Crippen LogP contribution in [0.1, 0.15) is 12.5 Å². The molecule has 0 unspecified atom stereocenters. The summed E-state index contributed by atoms with van der Waals surface area (Å²) in [6.45, 7) is 1.22. The lowest BCUT2D eigenvalue weighted by Crippen LogP contribution is -2.50. The number of hydrogen-bond acceptors (Lipinski definition) is 4. The van der Waals surface area contributed by atoms with Gasteiger partial charge in [-0.15, -0.1) is 0 Å². The van der Waals surface area contributed by atoms with Gasteiger partial charge in [-0.1, -0.05) is 12.1 Å². The highest BCUT2D eigenvalue weighted by molar-refractivity contribution is 7.88. The fraction of sp³-hybridized carbons (Fsp3) is 0.467. The van der Waals surface area contributed by atoms with Crippen molar-refractivity contribution in [2.45, 2.75) is 19.5 Å². The zero-order valence-electron chi connectivity index (χ0n) is 14.1. The molecule has 1 N–H and O–H groups in total. The standard InChI is InChI=1S/C15H22FN3O4S/c1-11(15(21)17-2)19(9-12-5-7-13(16)8-6-12)14(20)10-18(3)24(4,22)23/h5-8,11H,9-10H2,1-4H3,(H,17,21)/t11-/m1/s1. The number of likely N-dealkylation sites (N-methyl/N-ethyl adjacent to an activating group) is 2. The lowest BCUT2D eigenvalue weighted by molar-refractivity contribution is -0.140. The molecule has 0 spiro atoms. The van der Waals surface area contributed by atoms with Crippen molar-refractivity contribution in [3.8, 4) is 0 Å². The third-order valence-corrected chi connectivity index (χ3v) is 4.87. The van der Waals surface area contributed by atoms with Gasteiger partial charge in [-0.25, -0.2) is 12.8 Å². The van der Waals surface area contributed by atoms with Gasteiger partial charge in [0.2, 0.25) is 21.8 Å². The van der Waals surface area contributed by atoms with Crippen LogP contribution in [0.15, 0.2) is 24.3 Å². The van der Waals surface area contributed by atoms with Crippen molar-refractivity contribution < 1.29 is 22.4 Å². The normalized spacial score (nSPS) is 12.8. The van der Waals surface area contributed by atoms with E-state index in [-0.39, 0.29) is 19.0 Å². The van der Waals surface area contributed by atoms with E-state index in [0.717, 1.165) is 10.6 Å². The molecular formula is C15H22FN3O4S. The largest absolute Gasteiger partial charge is 0.357 e. The zero-order chi connectivity index (χ0) is 18.5. The fourth-order valence-corrected chi connectivity index (χ4v) is 2.32. The molecule has 7 nitrogen and oxygen atoms in total. The summed E-state index contributed by atoms with van der Waals surface area (Å²) in [4.78, 5) is 25.6. The smallest absolute Gasteiger partial charge is 0.242 e. The molecule has 1 aromatic carbocycles. The summed E-state index contributed by atoms with van der Waals surface area (Å²) < 4.78 is 36.9. The fourth-order valence-electron chi connectivity index (χ4n) is 1.98. The first kappa shape index (κ1) is 20.0. The predicted octanol–water partition coefficient (Wildman–Crippen LogP) is 0.180. The average molecular weight is 359 g/mol. The number of benzene rings is 1. The van der Waals surface area contributed by atoms with Gasteiger partial charge in [-0.2, -0.15) is 4.31 Å². The first-order chi connectivity index (χ1) is 11.1. The third-order valence-electron chi connectivity index (χ3n) is 3.60. The second-order valence-electron chi connectivity index (χ2n) is 5.46. The monoisotopic (exact) mass is 359 g/mol. The number of carbonyl (C=O) groups excluding carboxylic acids is 2. The number of rotatable bonds is 7. The highest BCUT2D eigenvalue weighted by Crippen LogP contribution is 2.11. The first-order valence-corrected chi connectivity index (χ1v) is 9.08. The van der Waals surface area contributed by atoms with Crippen LogP contribution in [0, 0.1) is 5.82 Å². The summed E-state index contributed by atoms with van der Waals surface area (Å²) in [6, 6.07) is 4.72. The highest BCUT2D eigenvalue weighted by atomic mass is 32.2. The Morgan fingerprint density at radius 2 is 1.79 bits per heavy atom. The maximum absolute atomic E-state index is 13.0. The molecule has 134 valence electrons. The molecule has 0 bridgehead atoms. The van der Waals surface area contributed by atoms with Gasteiger partial charge in [-0.05, 0) is 24.6 Å². The summed E-state index contributed by atoms with van der Waals surface area (Å²) >= 11 is 0. The summed E-state index contributed by atoms with van der Waals surface area (Å²) in [6.07, 6.45) is 0.993. The molecule has 0 saturated carbocycles. The van der Waals surface area contributed by atoms with Gasteiger partial charge in [-0.3, -0.25) is 9.59 Å². The minimum Gasteiger partial charge on any atom is -0.357 e. The molecular weight excluding hydrogens is 337 g/mol. The average Bonchev–Trinajstić information content (AvgIpc) is 2.51. The van der Waals surface area contributed by atoms with E-state index < -0.39 is 27.8 Å². The van der Waals surface area contributed by atoms with Crippen molar-refractivity contribution >= 4 is 21.8 Å². The topological polar surface area (TPSA) is 86.8 Å². The van der Waals surface area contributed by atoms with Crippen molar-refractivity contribution in [2.24, 2.45) is 0 Å². The van der Waals surface area contributed by atoms with Gasteiger partial charge >= 0.3 is 0 Å². The lowest BCUT2D eigenvalue weighted by Gasteiger charge is -2.29. The number of sulfonamides is 1. The SMILES string of the molecule is CNC(=O)[C@@H](C)N(Cc1ccc(F)cc1)C(=O)CN(C)S(C)(=O)=O. The van der Waals surface area contributed by atoms with E-state index in [1.165, 1.54) is 43.3 Å². The van der Waals surface area contributed by atoms with Crippen LogP contribution in [0.25, 0.3) is 0 Å².